The van der Waals surface area contributed by atoms with Gasteiger partial charge in [-0.3, -0.25) is 9.59 Å². The van der Waals surface area contributed by atoms with Crippen LogP contribution in [0.4, 0.5) is 0 Å². The average molecular weight is 401 g/mol. The summed E-state index contributed by atoms with van der Waals surface area (Å²) < 4.78 is 5.16. The Hall–Kier alpha value is -1.12. The number of carbonyl (C=O) groups is 2. The van der Waals surface area contributed by atoms with E-state index in [0.29, 0.717) is 30.1 Å². The molecule has 0 heterocycles. The summed E-state index contributed by atoms with van der Waals surface area (Å²) >= 11 is 0. The van der Waals surface area contributed by atoms with Gasteiger partial charge in [0.2, 0.25) is 0 Å². The van der Waals surface area contributed by atoms with Crippen molar-refractivity contribution in [1.29, 1.82) is 0 Å². The van der Waals surface area contributed by atoms with E-state index in [2.05, 4.69) is 20.8 Å². The van der Waals surface area contributed by atoms with Gasteiger partial charge in [0.05, 0.1) is 6.61 Å². The third-order valence-electron chi connectivity index (χ3n) is 9.83. The summed E-state index contributed by atoms with van der Waals surface area (Å²) in [5, 5.41) is 0. The van der Waals surface area contributed by atoms with E-state index in [1.54, 1.807) is 0 Å². The smallest absolute Gasteiger partial charge is 0.305 e. The lowest BCUT2D eigenvalue weighted by Gasteiger charge is -2.58. The van der Waals surface area contributed by atoms with Gasteiger partial charge in [0.15, 0.2) is 5.78 Å². The highest BCUT2D eigenvalue weighted by Gasteiger charge is 2.59. The Morgan fingerprint density at radius 2 is 1.93 bits per heavy atom. The number of esters is 1. The lowest BCUT2D eigenvalue weighted by atomic mass is 9.46. The van der Waals surface area contributed by atoms with Crippen LogP contribution in [0.5, 0.6) is 0 Å². The molecule has 0 saturated heterocycles. The molecule has 3 saturated carbocycles. The Morgan fingerprint density at radius 1 is 1.14 bits per heavy atom. The van der Waals surface area contributed by atoms with E-state index in [-0.39, 0.29) is 11.4 Å². The van der Waals surface area contributed by atoms with Gasteiger partial charge in [-0.15, -0.1) is 0 Å². The van der Waals surface area contributed by atoms with Crippen molar-refractivity contribution in [1.82, 2.24) is 0 Å². The minimum atomic E-state index is -0.0332. The molecule has 29 heavy (non-hydrogen) atoms. The second-order valence-corrected chi connectivity index (χ2v) is 11.0. The first-order chi connectivity index (χ1) is 13.8. The summed E-state index contributed by atoms with van der Waals surface area (Å²) in [4.78, 5) is 23.9. The maximum atomic E-state index is 12.0. The number of hydrogen-bond donors (Lipinski definition) is 0. The molecular formula is C26H40O3. The molecule has 0 aromatic carbocycles. The molecule has 4 aliphatic carbocycles. The zero-order valence-electron chi connectivity index (χ0n) is 19.0. The molecule has 3 nitrogen and oxygen atoms in total. The molecule has 4 rings (SSSR count). The van der Waals surface area contributed by atoms with Crippen LogP contribution >= 0.6 is 0 Å². The lowest BCUT2D eigenvalue weighted by molar-refractivity contribution is -0.143. The third kappa shape index (κ3) is 3.51. The highest BCUT2D eigenvalue weighted by atomic mass is 16.5. The van der Waals surface area contributed by atoms with Crippen LogP contribution in [0.3, 0.4) is 0 Å². The van der Waals surface area contributed by atoms with Gasteiger partial charge in [-0.2, -0.15) is 0 Å². The maximum absolute atomic E-state index is 12.0. The van der Waals surface area contributed by atoms with Crippen LogP contribution in [-0.2, 0) is 14.3 Å². The van der Waals surface area contributed by atoms with Crippen LogP contribution in [0.15, 0.2) is 11.6 Å². The second-order valence-electron chi connectivity index (χ2n) is 11.0. The van der Waals surface area contributed by atoms with Crippen molar-refractivity contribution in [3.63, 3.8) is 0 Å². The minimum Gasteiger partial charge on any atom is -0.466 e. The number of fused-ring (bicyclic) bond motifs is 5. The maximum Gasteiger partial charge on any atom is 0.305 e. The van der Waals surface area contributed by atoms with E-state index in [4.69, 9.17) is 4.74 Å². The Morgan fingerprint density at radius 3 is 2.69 bits per heavy atom. The van der Waals surface area contributed by atoms with Crippen molar-refractivity contribution in [3.05, 3.63) is 11.6 Å². The molecule has 0 aliphatic heterocycles. The number of hydrogen-bond acceptors (Lipinski definition) is 3. The van der Waals surface area contributed by atoms with Gasteiger partial charge in [-0.25, -0.2) is 0 Å². The quantitative estimate of drug-likeness (QED) is 0.523. The van der Waals surface area contributed by atoms with Gasteiger partial charge < -0.3 is 4.74 Å². The molecule has 162 valence electrons. The summed E-state index contributed by atoms with van der Waals surface area (Å²) in [5.74, 6) is 4.07. The predicted molar refractivity (Wildman–Crippen MR) is 115 cm³/mol. The summed E-state index contributed by atoms with van der Waals surface area (Å²) in [7, 11) is 0. The van der Waals surface area contributed by atoms with Crippen molar-refractivity contribution >= 4 is 11.8 Å². The van der Waals surface area contributed by atoms with Crippen molar-refractivity contribution in [2.75, 3.05) is 6.61 Å². The SMILES string of the molecule is CCOC(=O)CC[C@H](C)[C@@H]1CC[C@@H]2[C@@H]3CCC4=CC(=O)CC[C@]4(C)[C@H]3CC[C@@]21C. The van der Waals surface area contributed by atoms with Crippen LogP contribution < -0.4 is 0 Å². The highest BCUT2D eigenvalue weighted by molar-refractivity contribution is 5.91. The predicted octanol–water partition coefficient (Wildman–Crippen LogP) is 6.11. The van der Waals surface area contributed by atoms with Crippen LogP contribution in [-0.4, -0.2) is 18.4 Å². The fourth-order valence-electron chi connectivity index (χ4n) is 8.31. The molecule has 0 bridgehead atoms. The summed E-state index contributed by atoms with van der Waals surface area (Å²) in [6, 6.07) is 0. The number of carbonyl (C=O) groups excluding carboxylic acids is 2. The summed E-state index contributed by atoms with van der Waals surface area (Å²) in [6.07, 6.45) is 13.1. The van der Waals surface area contributed by atoms with Gasteiger partial charge in [0.25, 0.3) is 0 Å². The monoisotopic (exact) mass is 400 g/mol. The van der Waals surface area contributed by atoms with Crippen LogP contribution in [0.2, 0.25) is 0 Å². The first-order valence-electron chi connectivity index (χ1n) is 12.2. The lowest BCUT2D eigenvalue weighted by Crippen LogP contribution is -2.51. The fourth-order valence-corrected chi connectivity index (χ4v) is 8.31. The molecule has 0 unspecified atom stereocenters. The van der Waals surface area contributed by atoms with Gasteiger partial charge in [0, 0.05) is 12.8 Å². The molecule has 4 aliphatic rings. The molecule has 0 radical (unpaired) electrons. The normalized spacial score (nSPS) is 42.3. The zero-order valence-corrected chi connectivity index (χ0v) is 19.0. The van der Waals surface area contributed by atoms with E-state index in [1.807, 2.05) is 13.0 Å². The molecule has 0 spiro atoms. The molecule has 0 amide bonds. The van der Waals surface area contributed by atoms with Crippen LogP contribution in [0.1, 0.15) is 91.9 Å². The zero-order chi connectivity index (χ0) is 20.8. The van der Waals surface area contributed by atoms with E-state index in [0.717, 1.165) is 49.4 Å². The Labute approximate surface area is 177 Å². The number of ether oxygens (including phenoxy) is 1. The van der Waals surface area contributed by atoms with Gasteiger partial charge in [0.1, 0.15) is 0 Å². The van der Waals surface area contributed by atoms with Gasteiger partial charge >= 0.3 is 5.97 Å². The Kier molecular flexibility index (Phi) is 5.72. The van der Waals surface area contributed by atoms with Gasteiger partial charge in [-0.05, 0) is 105 Å². The molecular weight excluding hydrogens is 360 g/mol. The van der Waals surface area contributed by atoms with Crippen molar-refractivity contribution in [3.8, 4) is 0 Å². The first-order valence-corrected chi connectivity index (χ1v) is 12.2. The number of rotatable bonds is 5. The number of ketones is 1. The third-order valence-corrected chi connectivity index (χ3v) is 9.83. The molecule has 0 aromatic heterocycles. The summed E-state index contributed by atoms with van der Waals surface area (Å²) in [6.45, 7) is 9.79. The molecule has 0 N–H and O–H groups in total. The van der Waals surface area contributed by atoms with E-state index in [9.17, 15) is 9.59 Å². The van der Waals surface area contributed by atoms with Crippen molar-refractivity contribution in [2.24, 2.45) is 40.4 Å². The highest BCUT2D eigenvalue weighted by Crippen LogP contribution is 2.67. The Balaban J connectivity index is 1.48. The van der Waals surface area contributed by atoms with E-state index >= 15 is 0 Å². The summed E-state index contributed by atoms with van der Waals surface area (Å²) in [5.41, 5.74) is 2.17. The number of allylic oxidation sites excluding steroid dienone is 1. The largest absolute Gasteiger partial charge is 0.466 e. The topological polar surface area (TPSA) is 43.4 Å². The second kappa shape index (κ2) is 7.85. The van der Waals surface area contributed by atoms with Crippen molar-refractivity contribution < 1.29 is 14.3 Å². The van der Waals surface area contributed by atoms with Crippen molar-refractivity contribution in [2.45, 2.75) is 91.9 Å². The molecule has 0 aromatic rings. The first kappa shape index (κ1) is 21.1. The fraction of sp³-hybridized carbons (Fsp3) is 0.846. The van der Waals surface area contributed by atoms with Crippen LogP contribution in [0, 0.1) is 40.4 Å². The van der Waals surface area contributed by atoms with Crippen LogP contribution in [0.25, 0.3) is 0 Å². The van der Waals surface area contributed by atoms with E-state index in [1.165, 1.54) is 37.7 Å². The molecule has 3 heteroatoms. The van der Waals surface area contributed by atoms with E-state index < -0.39 is 0 Å². The van der Waals surface area contributed by atoms with Gasteiger partial charge in [-0.1, -0.05) is 26.3 Å². The Bertz CT molecular complexity index is 694. The molecule has 7 atom stereocenters. The minimum absolute atomic E-state index is 0.0332. The average Bonchev–Trinajstić information content (AvgIpc) is 3.04. The standard InChI is InChI=1S/C26H40O3/c1-5-29-24(28)11-6-17(2)21-9-10-22-20-8-7-18-16-19(27)12-14-25(18,3)23(20)13-15-26(21,22)4/h16-17,20-23H,5-15H2,1-4H3/t17-,20-,21-,22+,23-,25-,26+/m0/s1. The molecule has 3 fully saturated rings.